The lowest BCUT2D eigenvalue weighted by Gasteiger charge is -2.27. The minimum atomic E-state index is 0.0917. The minimum absolute atomic E-state index is 0.0917. The fourth-order valence-corrected chi connectivity index (χ4v) is 4.63. The third-order valence-electron chi connectivity index (χ3n) is 6.13. The van der Waals surface area contributed by atoms with Crippen molar-refractivity contribution in [2.45, 2.75) is 37.8 Å². The number of carbonyl (C=O) groups is 1. The molecule has 4 atom stereocenters. The zero-order valence-corrected chi connectivity index (χ0v) is 14.6. The number of rotatable bonds is 3. The van der Waals surface area contributed by atoms with Crippen LogP contribution in [0, 0.1) is 11.8 Å². The molecule has 0 spiro atoms. The van der Waals surface area contributed by atoms with Gasteiger partial charge in [-0.15, -0.1) is 0 Å². The molecule has 2 saturated carbocycles. The number of nitrogens with zero attached hydrogens (tertiary/aromatic N) is 4. The van der Waals surface area contributed by atoms with Crippen molar-refractivity contribution in [3.05, 3.63) is 23.8 Å². The highest BCUT2D eigenvalue weighted by molar-refractivity contribution is 5.97. The highest BCUT2D eigenvalue weighted by Crippen LogP contribution is 2.46. The van der Waals surface area contributed by atoms with Crippen LogP contribution in [0.25, 0.3) is 11.0 Å². The predicted molar refractivity (Wildman–Crippen MR) is 92.7 cm³/mol. The van der Waals surface area contributed by atoms with E-state index in [1.54, 1.807) is 0 Å². The van der Waals surface area contributed by atoms with Gasteiger partial charge in [-0.05, 0) is 69.8 Å². The van der Waals surface area contributed by atoms with Crippen LogP contribution < -0.4 is 0 Å². The average Bonchev–Trinajstić information content (AvgIpc) is 3.25. The summed E-state index contributed by atoms with van der Waals surface area (Å²) in [5, 5.41) is 10.7. The molecule has 1 heterocycles. The standard InChI is InChI=1S/C18H25N5O/c1-22(2)14-6-12-8-15(9-13(12)7-14)23(3)18(24)11-4-5-16-17(10-11)20-21-19-16/h4-5,10,12-15H,6-9H2,1-3H3,(H,19,20,21)/t12-,13+,14?,15?. The Labute approximate surface area is 142 Å². The smallest absolute Gasteiger partial charge is 0.253 e. The molecular weight excluding hydrogens is 302 g/mol. The average molecular weight is 327 g/mol. The number of hydrogen-bond donors (Lipinski definition) is 1. The maximum atomic E-state index is 12.8. The first-order valence-corrected chi connectivity index (χ1v) is 8.77. The van der Waals surface area contributed by atoms with Gasteiger partial charge >= 0.3 is 0 Å². The molecule has 1 amide bonds. The Kier molecular flexibility index (Phi) is 3.79. The largest absolute Gasteiger partial charge is 0.339 e. The van der Waals surface area contributed by atoms with Gasteiger partial charge < -0.3 is 9.80 Å². The molecule has 0 radical (unpaired) electrons. The summed E-state index contributed by atoms with van der Waals surface area (Å²) in [6, 6.07) is 6.61. The molecule has 2 aliphatic rings. The van der Waals surface area contributed by atoms with Crippen LogP contribution >= 0.6 is 0 Å². The molecule has 2 aromatic rings. The van der Waals surface area contributed by atoms with Gasteiger partial charge in [0.15, 0.2) is 0 Å². The molecule has 0 aliphatic heterocycles. The summed E-state index contributed by atoms with van der Waals surface area (Å²) in [4.78, 5) is 17.2. The lowest BCUT2D eigenvalue weighted by molar-refractivity contribution is 0.0726. The van der Waals surface area contributed by atoms with Crippen LogP contribution in [-0.4, -0.2) is 64.3 Å². The van der Waals surface area contributed by atoms with E-state index in [1.165, 1.54) is 12.8 Å². The minimum Gasteiger partial charge on any atom is -0.339 e. The number of benzene rings is 1. The van der Waals surface area contributed by atoms with Gasteiger partial charge in [-0.2, -0.15) is 15.4 Å². The van der Waals surface area contributed by atoms with Gasteiger partial charge in [-0.25, -0.2) is 0 Å². The number of amides is 1. The van der Waals surface area contributed by atoms with Crippen molar-refractivity contribution < 1.29 is 4.79 Å². The highest BCUT2D eigenvalue weighted by atomic mass is 16.2. The van der Waals surface area contributed by atoms with Crippen molar-refractivity contribution in [2.75, 3.05) is 21.1 Å². The van der Waals surface area contributed by atoms with E-state index in [0.717, 1.165) is 41.8 Å². The monoisotopic (exact) mass is 327 g/mol. The molecule has 2 unspecified atom stereocenters. The molecule has 24 heavy (non-hydrogen) atoms. The zero-order valence-electron chi connectivity index (χ0n) is 14.6. The van der Waals surface area contributed by atoms with E-state index in [0.29, 0.717) is 11.6 Å². The van der Waals surface area contributed by atoms with E-state index < -0.39 is 0 Å². The van der Waals surface area contributed by atoms with E-state index in [-0.39, 0.29) is 5.91 Å². The number of aromatic amines is 1. The first-order valence-electron chi connectivity index (χ1n) is 8.77. The molecule has 2 aliphatic carbocycles. The van der Waals surface area contributed by atoms with Gasteiger partial charge in [0.05, 0.1) is 0 Å². The van der Waals surface area contributed by atoms with Crippen molar-refractivity contribution in [1.82, 2.24) is 25.2 Å². The van der Waals surface area contributed by atoms with E-state index in [1.807, 2.05) is 30.1 Å². The van der Waals surface area contributed by atoms with Crippen LogP contribution in [0.4, 0.5) is 0 Å². The Morgan fingerprint density at radius 3 is 2.29 bits per heavy atom. The number of H-pyrrole nitrogens is 1. The Morgan fingerprint density at radius 1 is 1.00 bits per heavy atom. The Hall–Kier alpha value is -1.95. The van der Waals surface area contributed by atoms with Crippen LogP contribution in [-0.2, 0) is 0 Å². The third-order valence-corrected chi connectivity index (χ3v) is 6.13. The summed E-state index contributed by atoms with van der Waals surface area (Å²) in [7, 11) is 6.31. The molecule has 1 aromatic heterocycles. The van der Waals surface area contributed by atoms with E-state index >= 15 is 0 Å². The Bertz CT molecular complexity index is 741. The van der Waals surface area contributed by atoms with Crippen molar-refractivity contribution in [2.24, 2.45) is 11.8 Å². The highest BCUT2D eigenvalue weighted by Gasteiger charge is 2.44. The number of carbonyl (C=O) groups excluding carboxylic acids is 1. The van der Waals surface area contributed by atoms with Crippen LogP contribution in [0.3, 0.4) is 0 Å². The van der Waals surface area contributed by atoms with E-state index in [2.05, 4.69) is 34.4 Å². The van der Waals surface area contributed by atoms with Gasteiger partial charge in [0.1, 0.15) is 11.0 Å². The Morgan fingerprint density at radius 2 is 1.62 bits per heavy atom. The summed E-state index contributed by atoms with van der Waals surface area (Å²) in [6.07, 6.45) is 4.84. The summed E-state index contributed by atoms with van der Waals surface area (Å²) >= 11 is 0. The molecule has 0 bridgehead atoms. The Balaban J connectivity index is 1.45. The molecule has 0 saturated heterocycles. The van der Waals surface area contributed by atoms with Gasteiger partial charge in [0.25, 0.3) is 5.91 Å². The topological polar surface area (TPSA) is 65.1 Å². The summed E-state index contributed by atoms with van der Waals surface area (Å²) in [6.45, 7) is 0. The molecule has 1 N–H and O–H groups in total. The van der Waals surface area contributed by atoms with Gasteiger partial charge in [0, 0.05) is 24.7 Å². The normalized spacial score (nSPS) is 29.3. The molecule has 128 valence electrons. The maximum Gasteiger partial charge on any atom is 0.253 e. The molecule has 2 fully saturated rings. The fourth-order valence-electron chi connectivity index (χ4n) is 4.63. The van der Waals surface area contributed by atoms with Crippen molar-refractivity contribution in [3.63, 3.8) is 0 Å². The lowest BCUT2D eigenvalue weighted by Crippen LogP contribution is -2.36. The SMILES string of the molecule is CN(C)C1C[C@@H]2CC(N(C)C(=O)c3ccc4n[nH]nc4c3)C[C@@H]2C1. The van der Waals surface area contributed by atoms with Gasteiger partial charge in [-0.1, -0.05) is 0 Å². The van der Waals surface area contributed by atoms with Crippen molar-refractivity contribution in [3.8, 4) is 0 Å². The first-order chi connectivity index (χ1) is 11.5. The first kappa shape index (κ1) is 15.6. The fraction of sp³-hybridized carbons (Fsp3) is 0.611. The quantitative estimate of drug-likeness (QED) is 0.938. The molecular formula is C18H25N5O. The molecule has 6 nitrogen and oxygen atoms in total. The molecule has 4 rings (SSSR count). The van der Waals surface area contributed by atoms with Gasteiger partial charge in [-0.3, -0.25) is 4.79 Å². The molecule has 1 aromatic carbocycles. The second-order valence-corrected chi connectivity index (χ2v) is 7.68. The summed E-state index contributed by atoms with van der Waals surface area (Å²) in [5.41, 5.74) is 2.23. The van der Waals surface area contributed by atoms with E-state index in [9.17, 15) is 4.79 Å². The van der Waals surface area contributed by atoms with E-state index in [4.69, 9.17) is 0 Å². The predicted octanol–water partition coefficient (Wildman–Crippen LogP) is 2.15. The molecule has 6 heteroatoms. The number of aromatic nitrogens is 3. The maximum absolute atomic E-state index is 12.8. The second-order valence-electron chi connectivity index (χ2n) is 7.68. The van der Waals surface area contributed by atoms with Gasteiger partial charge in [0.2, 0.25) is 0 Å². The number of hydrogen-bond acceptors (Lipinski definition) is 4. The number of nitrogens with one attached hydrogen (secondary N) is 1. The van der Waals surface area contributed by atoms with Crippen LogP contribution in [0.5, 0.6) is 0 Å². The van der Waals surface area contributed by atoms with Crippen molar-refractivity contribution in [1.29, 1.82) is 0 Å². The lowest BCUT2D eigenvalue weighted by atomic mass is 10.0. The second kappa shape index (κ2) is 5.84. The summed E-state index contributed by atoms with van der Waals surface area (Å²) < 4.78 is 0. The van der Waals surface area contributed by atoms with Crippen LogP contribution in [0.15, 0.2) is 18.2 Å². The zero-order chi connectivity index (χ0) is 16.8. The van der Waals surface area contributed by atoms with Crippen molar-refractivity contribution >= 4 is 16.9 Å². The number of fused-ring (bicyclic) bond motifs is 2. The third kappa shape index (κ3) is 2.59. The summed E-state index contributed by atoms with van der Waals surface area (Å²) in [5.74, 6) is 1.64. The van der Waals surface area contributed by atoms with Crippen LogP contribution in [0.1, 0.15) is 36.0 Å². The van der Waals surface area contributed by atoms with Crippen LogP contribution in [0.2, 0.25) is 0 Å².